The number of anilines is 1. The molecule has 1 fully saturated rings. The molecule has 2 atom stereocenters. The molecule has 2 N–H and O–H groups in total. The van der Waals surface area contributed by atoms with E-state index in [-0.39, 0.29) is 26.4 Å². The molecule has 9 heteroatoms. The number of carboxylic acid groups (broad SMARTS) is 1. The lowest BCUT2D eigenvalue weighted by Gasteiger charge is -2.44. The molecule has 0 unspecified atom stereocenters. The van der Waals surface area contributed by atoms with Crippen LogP contribution in [0.2, 0.25) is 5.02 Å². The maximum Gasteiger partial charge on any atom is 0.335 e. The van der Waals surface area contributed by atoms with Crippen molar-refractivity contribution in [1.82, 2.24) is 19.9 Å². The number of nitrogens with zero attached hydrogens (tertiary/aromatic N) is 4. The van der Waals surface area contributed by atoms with Crippen molar-refractivity contribution in [2.45, 2.75) is 32.9 Å². The van der Waals surface area contributed by atoms with E-state index in [1.54, 1.807) is 37.5 Å². The number of rotatable bonds is 3. The zero-order chi connectivity index (χ0) is 21.6. The summed E-state index contributed by atoms with van der Waals surface area (Å²) < 4.78 is 0. The molecule has 0 aromatic carbocycles. The van der Waals surface area contributed by atoms with Crippen LogP contribution < -0.4 is 4.90 Å². The van der Waals surface area contributed by atoms with Crippen LogP contribution in [0.3, 0.4) is 0 Å². The molecule has 4 rings (SSSR count). The molecule has 4 heterocycles. The Bertz CT molecular complexity index is 1140. The number of fused-ring (bicyclic) bond motifs is 1. The average molecular weight is 432 g/mol. The second kappa shape index (κ2) is 7.60. The molecule has 8 nitrogen and oxygen atoms in total. The van der Waals surface area contributed by atoms with E-state index >= 15 is 0 Å². The summed E-state index contributed by atoms with van der Waals surface area (Å²) in [5.74, 6) is -0.429. The van der Waals surface area contributed by atoms with Gasteiger partial charge in [-0.15, -0.1) is 0 Å². The SMILES string of the molecule is CC(=O)N1[C@H](C)CN(c2cc(C(=O)O)cc(-c3c[nH]c4ncc(Cl)cc34)n2)C[C@@H]1C.[HH].[HH]. The number of carbonyl (C=O) groups is 2. The highest BCUT2D eigenvalue weighted by Crippen LogP contribution is 2.31. The van der Waals surface area contributed by atoms with Crippen molar-refractivity contribution in [3.05, 3.63) is 41.2 Å². The topological polar surface area (TPSA) is 102 Å². The van der Waals surface area contributed by atoms with Crippen LogP contribution in [0.15, 0.2) is 30.6 Å². The van der Waals surface area contributed by atoms with Gasteiger partial charge >= 0.3 is 5.97 Å². The van der Waals surface area contributed by atoms with E-state index in [1.165, 1.54) is 0 Å². The molecule has 30 heavy (non-hydrogen) atoms. The minimum atomic E-state index is -1.03. The minimum Gasteiger partial charge on any atom is -0.478 e. The fourth-order valence-electron chi connectivity index (χ4n) is 4.26. The van der Waals surface area contributed by atoms with Gasteiger partial charge < -0.3 is 19.9 Å². The van der Waals surface area contributed by atoms with Gasteiger partial charge in [-0.3, -0.25) is 4.79 Å². The number of carbonyl (C=O) groups excluding carboxylic acids is 1. The molecule has 0 aliphatic carbocycles. The predicted molar refractivity (Wildman–Crippen MR) is 119 cm³/mol. The fourth-order valence-corrected chi connectivity index (χ4v) is 4.42. The normalized spacial score (nSPS) is 19.3. The van der Waals surface area contributed by atoms with E-state index in [0.29, 0.717) is 35.3 Å². The summed E-state index contributed by atoms with van der Waals surface area (Å²) in [6.07, 6.45) is 3.30. The number of pyridine rings is 2. The monoisotopic (exact) mass is 431 g/mol. The Labute approximate surface area is 181 Å². The lowest BCUT2D eigenvalue weighted by atomic mass is 10.1. The molecule has 3 aromatic heterocycles. The Morgan fingerprint density at radius 2 is 1.93 bits per heavy atom. The number of aromatic nitrogens is 3. The van der Waals surface area contributed by atoms with Crippen LogP contribution in [-0.2, 0) is 4.79 Å². The Morgan fingerprint density at radius 1 is 1.23 bits per heavy atom. The average Bonchev–Trinajstić information content (AvgIpc) is 3.09. The van der Waals surface area contributed by atoms with Gasteiger partial charge in [0.05, 0.1) is 16.3 Å². The number of hydrogen-bond donors (Lipinski definition) is 2. The molecule has 0 spiro atoms. The summed E-state index contributed by atoms with van der Waals surface area (Å²) in [6, 6.07) is 4.88. The zero-order valence-corrected chi connectivity index (χ0v) is 17.6. The number of nitrogens with one attached hydrogen (secondary N) is 1. The Morgan fingerprint density at radius 3 is 2.57 bits per heavy atom. The predicted octanol–water partition coefficient (Wildman–Crippen LogP) is 3.91. The summed E-state index contributed by atoms with van der Waals surface area (Å²) in [6.45, 7) is 6.68. The second-order valence-corrected chi connectivity index (χ2v) is 8.12. The highest BCUT2D eigenvalue weighted by atomic mass is 35.5. The molecule has 1 aliphatic rings. The maximum atomic E-state index is 12.0. The third-order valence-corrected chi connectivity index (χ3v) is 5.65. The number of carboxylic acids is 1. The van der Waals surface area contributed by atoms with E-state index in [2.05, 4.69) is 9.97 Å². The first-order valence-electron chi connectivity index (χ1n) is 9.67. The molecule has 0 radical (unpaired) electrons. The minimum absolute atomic E-state index is 0. The van der Waals surface area contributed by atoms with E-state index in [9.17, 15) is 14.7 Å². The van der Waals surface area contributed by atoms with Crippen LogP contribution in [0, 0.1) is 0 Å². The van der Waals surface area contributed by atoms with E-state index in [4.69, 9.17) is 16.6 Å². The van der Waals surface area contributed by atoms with Crippen molar-refractivity contribution < 1.29 is 17.5 Å². The maximum absolute atomic E-state index is 12.0. The molecule has 1 amide bonds. The van der Waals surface area contributed by atoms with Gasteiger partial charge in [0, 0.05) is 58.3 Å². The summed E-state index contributed by atoms with van der Waals surface area (Å²) in [5.41, 5.74) is 2.05. The first kappa shape index (κ1) is 20.2. The zero-order valence-electron chi connectivity index (χ0n) is 16.9. The molecule has 160 valence electrons. The van der Waals surface area contributed by atoms with Crippen molar-refractivity contribution in [1.29, 1.82) is 0 Å². The standard InChI is InChI=1S/C21H22ClN5O3.2H2/c1-11-9-26(10-12(2)27(11)13(3)28)19-5-14(21(29)30)4-18(25-19)17-8-24-20-16(17)6-15(22)7-23-20;;/h4-8,11-12H,9-10H2,1-3H3,(H,23,24)(H,29,30);2*1H/t11-,12+;;. The van der Waals surface area contributed by atoms with Gasteiger partial charge in [-0.05, 0) is 32.0 Å². The summed E-state index contributed by atoms with van der Waals surface area (Å²) in [4.78, 5) is 39.8. The molecular formula is C21H26ClN5O3. The molecule has 0 saturated carbocycles. The number of aromatic carboxylic acids is 1. The number of hydrogen-bond acceptors (Lipinski definition) is 5. The highest BCUT2D eigenvalue weighted by molar-refractivity contribution is 6.31. The van der Waals surface area contributed by atoms with Crippen LogP contribution in [0.5, 0.6) is 0 Å². The third kappa shape index (κ3) is 3.59. The lowest BCUT2D eigenvalue weighted by Crippen LogP contribution is -2.58. The van der Waals surface area contributed by atoms with Gasteiger partial charge in [-0.1, -0.05) is 11.6 Å². The molecule has 1 aliphatic heterocycles. The number of amides is 1. The van der Waals surface area contributed by atoms with Crippen molar-refractivity contribution in [3.63, 3.8) is 0 Å². The first-order chi connectivity index (χ1) is 14.2. The summed E-state index contributed by atoms with van der Waals surface area (Å²) >= 11 is 6.11. The van der Waals surface area contributed by atoms with Crippen molar-refractivity contribution in [2.24, 2.45) is 0 Å². The van der Waals surface area contributed by atoms with E-state index < -0.39 is 5.97 Å². The molecule has 0 bridgehead atoms. The number of aromatic amines is 1. The molecule has 1 saturated heterocycles. The highest BCUT2D eigenvalue weighted by Gasteiger charge is 2.32. The van der Waals surface area contributed by atoms with Gasteiger partial charge in [0.1, 0.15) is 11.5 Å². The summed E-state index contributed by atoms with van der Waals surface area (Å²) in [7, 11) is 0. The first-order valence-corrected chi connectivity index (χ1v) is 10.0. The number of halogens is 1. The van der Waals surface area contributed by atoms with Crippen LogP contribution in [0.25, 0.3) is 22.3 Å². The van der Waals surface area contributed by atoms with Gasteiger partial charge in [-0.2, -0.15) is 0 Å². The van der Waals surface area contributed by atoms with E-state index in [0.717, 1.165) is 10.9 Å². The largest absolute Gasteiger partial charge is 0.478 e. The Balaban J connectivity index is 0.00000181. The molecule has 3 aromatic rings. The van der Waals surface area contributed by atoms with Crippen LogP contribution >= 0.6 is 11.6 Å². The van der Waals surface area contributed by atoms with Crippen molar-refractivity contribution in [2.75, 3.05) is 18.0 Å². The Kier molecular flexibility index (Phi) is 5.11. The fraction of sp³-hybridized carbons (Fsp3) is 0.333. The van der Waals surface area contributed by atoms with Crippen LogP contribution in [-0.4, -0.2) is 62.0 Å². The smallest absolute Gasteiger partial charge is 0.335 e. The van der Waals surface area contributed by atoms with Crippen LogP contribution in [0.4, 0.5) is 5.82 Å². The third-order valence-electron chi connectivity index (χ3n) is 5.44. The van der Waals surface area contributed by atoms with Crippen molar-refractivity contribution in [3.8, 4) is 11.3 Å². The quantitative estimate of drug-likeness (QED) is 0.651. The molecular weight excluding hydrogens is 406 g/mol. The van der Waals surface area contributed by atoms with Crippen molar-refractivity contribution >= 4 is 40.3 Å². The van der Waals surface area contributed by atoms with Crippen LogP contribution in [0.1, 0.15) is 34.0 Å². The summed E-state index contributed by atoms with van der Waals surface area (Å²) in [5, 5.41) is 10.9. The second-order valence-electron chi connectivity index (χ2n) is 7.69. The van der Waals surface area contributed by atoms with Gasteiger partial charge in [0.25, 0.3) is 0 Å². The Hall–Kier alpha value is -3.13. The van der Waals surface area contributed by atoms with Gasteiger partial charge in [-0.25, -0.2) is 14.8 Å². The van der Waals surface area contributed by atoms with Gasteiger partial charge in [0.2, 0.25) is 5.91 Å². The number of H-pyrrole nitrogens is 1. The van der Waals surface area contributed by atoms with Gasteiger partial charge in [0.15, 0.2) is 0 Å². The number of piperazine rings is 1. The lowest BCUT2D eigenvalue weighted by molar-refractivity contribution is -0.133. The van der Waals surface area contributed by atoms with E-state index in [1.807, 2.05) is 23.6 Å².